The number of aryl methyl sites for hydroxylation is 1. The summed E-state index contributed by atoms with van der Waals surface area (Å²) in [7, 11) is 0. The maximum atomic E-state index is 2.52. The van der Waals surface area contributed by atoms with Crippen molar-refractivity contribution in [1.82, 2.24) is 0 Å². The Balaban J connectivity index is 1.88. The molecule has 0 saturated carbocycles. The Bertz CT molecular complexity index is 361. The zero-order valence-corrected chi connectivity index (χ0v) is 11.7. The Kier molecular flexibility index (Phi) is 5.51. The first-order chi connectivity index (χ1) is 8.90. The highest BCUT2D eigenvalue weighted by Gasteiger charge is 2.16. The number of unbranched alkanes of at least 4 members (excludes halogenated alkanes) is 1. The van der Waals surface area contributed by atoms with Crippen molar-refractivity contribution in [3.63, 3.8) is 0 Å². The van der Waals surface area contributed by atoms with E-state index in [0.717, 1.165) is 5.92 Å². The third-order valence-electron chi connectivity index (χ3n) is 4.13. The van der Waals surface area contributed by atoms with Gasteiger partial charge in [0, 0.05) is 0 Å². The van der Waals surface area contributed by atoms with Gasteiger partial charge in [0.15, 0.2) is 0 Å². The van der Waals surface area contributed by atoms with Crippen molar-refractivity contribution < 1.29 is 0 Å². The molecule has 1 aliphatic carbocycles. The first-order valence-corrected chi connectivity index (χ1v) is 7.63. The molecule has 2 rings (SSSR count). The minimum absolute atomic E-state index is 0.854. The summed E-state index contributed by atoms with van der Waals surface area (Å²) in [5.41, 5.74) is 3.26. The van der Waals surface area contributed by atoms with Crippen molar-refractivity contribution in [2.75, 3.05) is 0 Å². The minimum Gasteiger partial charge on any atom is -0.0850 e. The Morgan fingerprint density at radius 2 is 1.94 bits per heavy atom. The molecule has 0 bridgehead atoms. The van der Waals surface area contributed by atoms with Crippen LogP contribution in [0.25, 0.3) is 0 Å². The normalized spacial score (nSPS) is 16.6. The molecular formula is C18H26. The van der Waals surface area contributed by atoms with Crippen LogP contribution >= 0.6 is 0 Å². The molecule has 0 spiro atoms. The van der Waals surface area contributed by atoms with E-state index < -0.39 is 0 Å². The summed E-state index contributed by atoms with van der Waals surface area (Å²) in [5.74, 6) is 0.854. The van der Waals surface area contributed by atoms with Crippen molar-refractivity contribution in [2.45, 2.75) is 58.3 Å². The van der Waals surface area contributed by atoms with Crippen LogP contribution in [0.2, 0.25) is 0 Å². The number of rotatable bonds is 7. The Morgan fingerprint density at radius 3 is 2.61 bits per heavy atom. The van der Waals surface area contributed by atoms with E-state index in [1.54, 1.807) is 5.57 Å². The summed E-state index contributed by atoms with van der Waals surface area (Å²) < 4.78 is 0. The third-order valence-corrected chi connectivity index (χ3v) is 4.13. The monoisotopic (exact) mass is 242 g/mol. The second-order valence-corrected chi connectivity index (χ2v) is 5.53. The van der Waals surface area contributed by atoms with E-state index in [2.05, 4.69) is 43.3 Å². The average Bonchev–Trinajstić information content (AvgIpc) is 2.94. The predicted molar refractivity (Wildman–Crippen MR) is 79.7 cm³/mol. The fourth-order valence-corrected chi connectivity index (χ4v) is 3.02. The number of allylic oxidation sites excluding steroid dienone is 2. The van der Waals surface area contributed by atoms with Crippen LogP contribution < -0.4 is 0 Å². The number of benzene rings is 1. The lowest BCUT2D eigenvalue weighted by Gasteiger charge is -2.18. The molecule has 0 aliphatic heterocycles. The van der Waals surface area contributed by atoms with E-state index in [4.69, 9.17) is 0 Å². The summed E-state index contributed by atoms with van der Waals surface area (Å²) >= 11 is 0. The van der Waals surface area contributed by atoms with Crippen LogP contribution in [0.15, 0.2) is 42.0 Å². The highest BCUT2D eigenvalue weighted by molar-refractivity contribution is 5.16. The summed E-state index contributed by atoms with van der Waals surface area (Å²) in [5, 5.41) is 0. The van der Waals surface area contributed by atoms with E-state index in [-0.39, 0.29) is 0 Å². The molecule has 0 saturated heterocycles. The lowest BCUT2D eigenvalue weighted by atomic mass is 9.87. The molecule has 0 radical (unpaired) electrons. The van der Waals surface area contributed by atoms with Gasteiger partial charge in [-0.25, -0.2) is 0 Å². The molecule has 98 valence electrons. The molecule has 1 aromatic carbocycles. The van der Waals surface area contributed by atoms with E-state index >= 15 is 0 Å². The van der Waals surface area contributed by atoms with Gasteiger partial charge >= 0.3 is 0 Å². The molecule has 0 unspecified atom stereocenters. The van der Waals surface area contributed by atoms with Crippen LogP contribution in [0.5, 0.6) is 0 Å². The van der Waals surface area contributed by atoms with Gasteiger partial charge in [0.25, 0.3) is 0 Å². The van der Waals surface area contributed by atoms with Crippen molar-refractivity contribution in [1.29, 1.82) is 0 Å². The fourth-order valence-electron chi connectivity index (χ4n) is 3.02. The Labute approximate surface area is 112 Å². The van der Waals surface area contributed by atoms with Gasteiger partial charge in [0.1, 0.15) is 0 Å². The highest BCUT2D eigenvalue weighted by Crippen LogP contribution is 2.31. The number of hydrogen-bond donors (Lipinski definition) is 0. The Morgan fingerprint density at radius 1 is 1.11 bits per heavy atom. The zero-order valence-electron chi connectivity index (χ0n) is 11.7. The van der Waals surface area contributed by atoms with Gasteiger partial charge < -0.3 is 0 Å². The average molecular weight is 242 g/mol. The molecule has 0 N–H and O–H groups in total. The summed E-state index contributed by atoms with van der Waals surface area (Å²) in [6, 6.07) is 11.0. The van der Waals surface area contributed by atoms with Crippen molar-refractivity contribution >= 4 is 0 Å². The molecule has 1 atom stereocenters. The molecule has 18 heavy (non-hydrogen) atoms. The SMILES string of the molecule is CCCC[C@H](CCc1ccccc1)C1=CCCC1. The van der Waals surface area contributed by atoms with Crippen molar-refractivity contribution in [3.8, 4) is 0 Å². The summed E-state index contributed by atoms with van der Waals surface area (Å²) in [6.07, 6.45) is 13.3. The maximum Gasteiger partial charge on any atom is -0.0200 e. The molecule has 0 heteroatoms. The molecule has 1 aromatic rings. The van der Waals surface area contributed by atoms with Crippen LogP contribution in [-0.2, 0) is 6.42 Å². The van der Waals surface area contributed by atoms with Crippen molar-refractivity contribution in [2.24, 2.45) is 5.92 Å². The molecule has 0 aromatic heterocycles. The Hall–Kier alpha value is -1.04. The maximum absolute atomic E-state index is 2.52. The first-order valence-electron chi connectivity index (χ1n) is 7.63. The van der Waals surface area contributed by atoms with E-state index in [9.17, 15) is 0 Å². The van der Waals surface area contributed by atoms with Crippen molar-refractivity contribution in [3.05, 3.63) is 47.5 Å². The zero-order chi connectivity index (χ0) is 12.6. The lowest BCUT2D eigenvalue weighted by Crippen LogP contribution is -2.05. The van der Waals surface area contributed by atoms with Crippen LogP contribution in [0.3, 0.4) is 0 Å². The molecule has 0 fully saturated rings. The molecular weight excluding hydrogens is 216 g/mol. The topological polar surface area (TPSA) is 0 Å². The van der Waals surface area contributed by atoms with Crippen LogP contribution in [0.4, 0.5) is 0 Å². The standard InChI is InChI=1S/C18H26/c1-2-3-11-18(17-12-7-8-13-17)15-14-16-9-5-4-6-10-16/h4-6,9-10,12,18H,2-3,7-8,11,13-15H2,1H3/t18-/m1/s1. The van der Waals surface area contributed by atoms with Crippen LogP contribution in [0, 0.1) is 5.92 Å². The lowest BCUT2D eigenvalue weighted by molar-refractivity contribution is 0.485. The largest absolute Gasteiger partial charge is 0.0850 e. The number of hydrogen-bond acceptors (Lipinski definition) is 0. The quantitative estimate of drug-likeness (QED) is 0.551. The summed E-state index contributed by atoms with van der Waals surface area (Å²) in [6.45, 7) is 2.30. The fraction of sp³-hybridized carbons (Fsp3) is 0.556. The molecule has 1 aliphatic rings. The first kappa shape index (κ1) is 13.4. The van der Waals surface area contributed by atoms with Gasteiger partial charge in [-0.2, -0.15) is 0 Å². The molecule has 0 heterocycles. The summed E-state index contributed by atoms with van der Waals surface area (Å²) in [4.78, 5) is 0. The van der Waals surface area contributed by atoms with Crippen LogP contribution in [0.1, 0.15) is 57.4 Å². The van der Waals surface area contributed by atoms with Gasteiger partial charge in [-0.1, -0.05) is 61.7 Å². The van der Waals surface area contributed by atoms with Crippen LogP contribution in [-0.4, -0.2) is 0 Å². The van der Waals surface area contributed by atoms with Gasteiger partial charge in [-0.3, -0.25) is 0 Å². The smallest absolute Gasteiger partial charge is 0.0200 e. The van der Waals surface area contributed by atoms with Gasteiger partial charge in [-0.05, 0) is 50.0 Å². The van der Waals surface area contributed by atoms with E-state index in [1.807, 2.05) is 0 Å². The second-order valence-electron chi connectivity index (χ2n) is 5.53. The minimum atomic E-state index is 0.854. The van der Waals surface area contributed by atoms with Gasteiger partial charge in [-0.15, -0.1) is 0 Å². The van der Waals surface area contributed by atoms with Gasteiger partial charge in [0.05, 0.1) is 0 Å². The van der Waals surface area contributed by atoms with E-state index in [1.165, 1.54) is 56.9 Å². The van der Waals surface area contributed by atoms with E-state index in [0.29, 0.717) is 0 Å². The predicted octanol–water partition coefficient (Wildman–Crippen LogP) is 5.54. The van der Waals surface area contributed by atoms with Gasteiger partial charge in [0.2, 0.25) is 0 Å². The highest BCUT2D eigenvalue weighted by atomic mass is 14.2. The second kappa shape index (κ2) is 7.41. The molecule has 0 amide bonds. The third kappa shape index (κ3) is 4.01. The molecule has 0 nitrogen and oxygen atoms in total.